The number of para-hydroxylation sites is 2. The van der Waals surface area contributed by atoms with E-state index in [2.05, 4.69) is 15.6 Å². The molecule has 5 heteroatoms. The average molecular weight is 327 g/mol. The number of hydrogen-bond donors (Lipinski definition) is 2. The van der Waals surface area contributed by atoms with Crippen molar-refractivity contribution in [2.75, 3.05) is 20.8 Å². The van der Waals surface area contributed by atoms with Crippen LogP contribution in [0.5, 0.6) is 11.5 Å². The Balaban J connectivity index is 1.99. The Labute approximate surface area is 143 Å². The van der Waals surface area contributed by atoms with Gasteiger partial charge in [0.15, 0.2) is 5.96 Å². The molecule has 0 fully saturated rings. The zero-order chi connectivity index (χ0) is 17.2. The summed E-state index contributed by atoms with van der Waals surface area (Å²) in [5, 5.41) is 6.58. The third-order valence-corrected chi connectivity index (χ3v) is 3.41. The smallest absolute Gasteiger partial charge is 0.191 e. The molecule has 0 aromatic heterocycles. The van der Waals surface area contributed by atoms with Gasteiger partial charge < -0.3 is 20.1 Å². The average Bonchev–Trinajstić information content (AvgIpc) is 2.61. The SMILES string of the molecule is CN=C(NCc1ccccc1Oc1ccccc1)NC(C)COC. The summed E-state index contributed by atoms with van der Waals surface area (Å²) in [7, 11) is 3.44. The number of ether oxygens (including phenoxy) is 2. The van der Waals surface area contributed by atoms with Crippen LogP contribution >= 0.6 is 0 Å². The van der Waals surface area contributed by atoms with Crippen LogP contribution in [0, 0.1) is 0 Å². The highest BCUT2D eigenvalue weighted by Crippen LogP contribution is 2.24. The molecule has 128 valence electrons. The molecular formula is C19H25N3O2. The van der Waals surface area contributed by atoms with Crippen LogP contribution < -0.4 is 15.4 Å². The van der Waals surface area contributed by atoms with Crippen LogP contribution in [0.2, 0.25) is 0 Å². The van der Waals surface area contributed by atoms with Crippen molar-refractivity contribution in [3.63, 3.8) is 0 Å². The van der Waals surface area contributed by atoms with Gasteiger partial charge in [0.05, 0.1) is 6.61 Å². The third kappa shape index (κ3) is 5.59. The zero-order valence-electron chi connectivity index (χ0n) is 14.5. The molecule has 1 unspecified atom stereocenters. The second-order valence-corrected chi connectivity index (χ2v) is 5.45. The lowest BCUT2D eigenvalue weighted by Crippen LogP contribution is -2.43. The van der Waals surface area contributed by atoms with E-state index in [1.807, 2.05) is 61.5 Å². The number of methoxy groups -OCH3 is 1. The van der Waals surface area contributed by atoms with E-state index in [0.29, 0.717) is 13.2 Å². The first-order valence-electron chi connectivity index (χ1n) is 8.00. The molecule has 2 aromatic carbocycles. The predicted molar refractivity (Wildman–Crippen MR) is 97.6 cm³/mol. The first-order chi connectivity index (χ1) is 11.7. The van der Waals surface area contributed by atoms with E-state index in [-0.39, 0.29) is 6.04 Å². The fourth-order valence-electron chi connectivity index (χ4n) is 2.26. The minimum absolute atomic E-state index is 0.178. The van der Waals surface area contributed by atoms with Crippen LogP contribution in [0.1, 0.15) is 12.5 Å². The molecule has 0 saturated carbocycles. The van der Waals surface area contributed by atoms with E-state index in [4.69, 9.17) is 9.47 Å². The van der Waals surface area contributed by atoms with Crippen LogP contribution in [-0.4, -0.2) is 32.8 Å². The van der Waals surface area contributed by atoms with Crippen molar-refractivity contribution in [1.82, 2.24) is 10.6 Å². The lowest BCUT2D eigenvalue weighted by Gasteiger charge is -2.18. The third-order valence-electron chi connectivity index (χ3n) is 3.41. The molecular weight excluding hydrogens is 302 g/mol. The lowest BCUT2D eigenvalue weighted by molar-refractivity contribution is 0.179. The van der Waals surface area contributed by atoms with Gasteiger partial charge in [0.2, 0.25) is 0 Å². The number of guanidine groups is 1. The number of hydrogen-bond acceptors (Lipinski definition) is 3. The van der Waals surface area contributed by atoms with Crippen molar-refractivity contribution in [3.05, 3.63) is 60.2 Å². The van der Waals surface area contributed by atoms with E-state index in [1.165, 1.54) is 0 Å². The van der Waals surface area contributed by atoms with Crippen molar-refractivity contribution in [2.24, 2.45) is 4.99 Å². The van der Waals surface area contributed by atoms with E-state index in [9.17, 15) is 0 Å². The van der Waals surface area contributed by atoms with Gasteiger partial charge in [0, 0.05) is 32.3 Å². The first kappa shape index (κ1) is 17.8. The molecule has 0 aliphatic carbocycles. The van der Waals surface area contributed by atoms with Gasteiger partial charge in [-0.1, -0.05) is 36.4 Å². The number of nitrogens with one attached hydrogen (secondary N) is 2. The Hall–Kier alpha value is -2.53. The number of benzene rings is 2. The fraction of sp³-hybridized carbons (Fsp3) is 0.316. The highest BCUT2D eigenvalue weighted by molar-refractivity contribution is 5.80. The Morgan fingerprint density at radius 2 is 1.79 bits per heavy atom. The minimum atomic E-state index is 0.178. The summed E-state index contributed by atoms with van der Waals surface area (Å²) >= 11 is 0. The Morgan fingerprint density at radius 1 is 1.08 bits per heavy atom. The lowest BCUT2D eigenvalue weighted by atomic mass is 10.2. The van der Waals surface area contributed by atoms with Gasteiger partial charge in [0.25, 0.3) is 0 Å². The minimum Gasteiger partial charge on any atom is -0.457 e. The summed E-state index contributed by atoms with van der Waals surface area (Å²) < 4.78 is 11.1. The molecule has 0 aliphatic heterocycles. The second-order valence-electron chi connectivity index (χ2n) is 5.45. The molecule has 24 heavy (non-hydrogen) atoms. The van der Waals surface area contributed by atoms with E-state index in [0.717, 1.165) is 23.0 Å². The van der Waals surface area contributed by atoms with Crippen molar-refractivity contribution in [3.8, 4) is 11.5 Å². The van der Waals surface area contributed by atoms with E-state index < -0.39 is 0 Å². The number of nitrogens with zero attached hydrogens (tertiary/aromatic N) is 1. The molecule has 2 N–H and O–H groups in total. The van der Waals surface area contributed by atoms with Gasteiger partial charge in [0.1, 0.15) is 11.5 Å². The van der Waals surface area contributed by atoms with Gasteiger partial charge in [-0.25, -0.2) is 0 Å². The molecule has 0 saturated heterocycles. The number of rotatable bonds is 7. The predicted octanol–water partition coefficient (Wildman–Crippen LogP) is 3.18. The molecule has 1 atom stereocenters. The maximum absolute atomic E-state index is 5.97. The Bertz CT molecular complexity index is 644. The van der Waals surface area contributed by atoms with Crippen molar-refractivity contribution in [2.45, 2.75) is 19.5 Å². The number of aliphatic imine (C=N–C) groups is 1. The molecule has 5 nitrogen and oxygen atoms in total. The molecule has 2 aromatic rings. The summed E-state index contributed by atoms with van der Waals surface area (Å²) in [5.74, 6) is 2.38. The maximum Gasteiger partial charge on any atom is 0.191 e. The van der Waals surface area contributed by atoms with Crippen LogP contribution in [0.25, 0.3) is 0 Å². The van der Waals surface area contributed by atoms with Crippen LogP contribution in [-0.2, 0) is 11.3 Å². The van der Waals surface area contributed by atoms with Gasteiger partial charge in [-0.15, -0.1) is 0 Å². The molecule has 0 amide bonds. The maximum atomic E-state index is 5.97. The van der Waals surface area contributed by atoms with Crippen molar-refractivity contribution >= 4 is 5.96 Å². The highest BCUT2D eigenvalue weighted by Gasteiger charge is 2.07. The summed E-state index contributed by atoms with van der Waals surface area (Å²) in [6.07, 6.45) is 0. The van der Waals surface area contributed by atoms with E-state index in [1.54, 1.807) is 14.2 Å². The van der Waals surface area contributed by atoms with Crippen molar-refractivity contribution in [1.29, 1.82) is 0 Å². The first-order valence-corrected chi connectivity index (χ1v) is 8.00. The van der Waals surface area contributed by atoms with Gasteiger partial charge in [-0.05, 0) is 25.1 Å². The summed E-state index contributed by atoms with van der Waals surface area (Å²) in [4.78, 5) is 4.24. The molecule has 0 aliphatic rings. The molecule has 0 radical (unpaired) electrons. The van der Waals surface area contributed by atoms with Crippen molar-refractivity contribution < 1.29 is 9.47 Å². The Morgan fingerprint density at radius 3 is 2.50 bits per heavy atom. The quantitative estimate of drug-likeness (QED) is 0.606. The Kier molecular flexibility index (Phi) is 7.11. The molecule has 0 bridgehead atoms. The van der Waals surface area contributed by atoms with Crippen LogP contribution in [0.15, 0.2) is 59.6 Å². The topological polar surface area (TPSA) is 54.9 Å². The summed E-state index contributed by atoms with van der Waals surface area (Å²) in [6.45, 7) is 3.28. The molecule has 0 heterocycles. The molecule has 0 spiro atoms. The van der Waals surface area contributed by atoms with Gasteiger partial charge >= 0.3 is 0 Å². The van der Waals surface area contributed by atoms with Crippen LogP contribution in [0.4, 0.5) is 0 Å². The highest BCUT2D eigenvalue weighted by atomic mass is 16.5. The largest absolute Gasteiger partial charge is 0.457 e. The zero-order valence-corrected chi connectivity index (χ0v) is 14.5. The monoisotopic (exact) mass is 327 g/mol. The summed E-state index contributed by atoms with van der Waals surface area (Å²) in [6, 6.07) is 17.9. The van der Waals surface area contributed by atoms with E-state index >= 15 is 0 Å². The molecule has 2 rings (SSSR count). The van der Waals surface area contributed by atoms with Gasteiger partial charge in [-0.3, -0.25) is 4.99 Å². The fourth-order valence-corrected chi connectivity index (χ4v) is 2.26. The van der Waals surface area contributed by atoms with Crippen LogP contribution in [0.3, 0.4) is 0 Å². The standard InChI is InChI=1S/C19H25N3O2/c1-15(14-23-3)22-19(20-2)21-13-16-9-7-8-12-18(16)24-17-10-5-4-6-11-17/h4-12,15H,13-14H2,1-3H3,(H2,20,21,22). The second kappa shape index (κ2) is 9.57. The summed E-state index contributed by atoms with van der Waals surface area (Å²) in [5.41, 5.74) is 1.06. The normalized spacial score (nSPS) is 12.5. The van der Waals surface area contributed by atoms with Gasteiger partial charge in [-0.2, -0.15) is 0 Å².